The van der Waals surface area contributed by atoms with Crippen LogP contribution in [0.15, 0.2) is 36.4 Å². The van der Waals surface area contributed by atoms with Gasteiger partial charge in [0.15, 0.2) is 0 Å². The van der Waals surface area contributed by atoms with E-state index < -0.39 is 40.6 Å². The molecule has 2 aromatic rings. The number of carbonyl (C=O) groups is 2. The Kier molecular flexibility index (Phi) is 6.57. The van der Waals surface area contributed by atoms with E-state index in [4.69, 9.17) is 0 Å². The first-order valence-electron chi connectivity index (χ1n) is 11.4. The highest BCUT2D eigenvalue weighted by atomic mass is 19.4. The summed E-state index contributed by atoms with van der Waals surface area (Å²) in [4.78, 5) is 30.2. The predicted octanol–water partition coefficient (Wildman–Crippen LogP) is 5.55. The van der Waals surface area contributed by atoms with E-state index in [2.05, 4.69) is 5.32 Å². The SMILES string of the molecule is Cc1cccc(C)c1N1CC(C(=O)Nc2cc(C(F)(F)F)cc(C(F)(F)F)c2)(N2CCCC2)CC1=O. The number of nitrogens with one attached hydrogen (secondary N) is 1. The highest BCUT2D eigenvalue weighted by Gasteiger charge is 2.54. The van der Waals surface area contributed by atoms with Crippen molar-refractivity contribution in [3.63, 3.8) is 0 Å². The second-order valence-electron chi connectivity index (χ2n) is 9.37. The summed E-state index contributed by atoms with van der Waals surface area (Å²) in [5, 5.41) is 2.29. The van der Waals surface area contributed by atoms with Crippen LogP contribution >= 0.6 is 0 Å². The van der Waals surface area contributed by atoms with Gasteiger partial charge in [0.05, 0.1) is 24.1 Å². The highest BCUT2D eigenvalue weighted by Crippen LogP contribution is 2.40. The zero-order valence-electron chi connectivity index (χ0n) is 19.7. The maximum atomic E-state index is 13.6. The number of amides is 2. The lowest BCUT2D eigenvalue weighted by Crippen LogP contribution is -2.57. The maximum Gasteiger partial charge on any atom is 0.416 e. The van der Waals surface area contributed by atoms with Crippen molar-refractivity contribution >= 4 is 23.2 Å². The lowest BCUT2D eigenvalue weighted by atomic mass is 9.94. The van der Waals surface area contributed by atoms with Crippen LogP contribution in [0.1, 0.15) is 41.5 Å². The van der Waals surface area contributed by atoms with Crippen LogP contribution in [0.3, 0.4) is 0 Å². The molecule has 1 N–H and O–H groups in total. The normalized spacial score (nSPS) is 21.3. The van der Waals surface area contributed by atoms with Crippen molar-refractivity contribution in [2.75, 3.05) is 29.9 Å². The van der Waals surface area contributed by atoms with E-state index >= 15 is 0 Å². The summed E-state index contributed by atoms with van der Waals surface area (Å²) in [5.74, 6) is -1.14. The Morgan fingerprint density at radius 3 is 1.94 bits per heavy atom. The molecule has 194 valence electrons. The number of para-hydroxylation sites is 1. The first-order chi connectivity index (χ1) is 16.7. The molecule has 36 heavy (non-hydrogen) atoms. The van der Waals surface area contributed by atoms with Gasteiger partial charge in [-0.3, -0.25) is 14.5 Å². The number of rotatable bonds is 4. The number of halogens is 6. The van der Waals surface area contributed by atoms with E-state index in [1.165, 1.54) is 4.90 Å². The molecule has 2 aliphatic rings. The van der Waals surface area contributed by atoms with Crippen LogP contribution in [-0.2, 0) is 21.9 Å². The van der Waals surface area contributed by atoms with Gasteiger partial charge in [0.1, 0.15) is 5.54 Å². The molecule has 0 saturated carbocycles. The van der Waals surface area contributed by atoms with E-state index in [1.807, 2.05) is 36.9 Å². The molecule has 2 heterocycles. The van der Waals surface area contributed by atoms with Crippen LogP contribution in [-0.4, -0.2) is 41.9 Å². The largest absolute Gasteiger partial charge is 0.416 e. The van der Waals surface area contributed by atoms with Crippen molar-refractivity contribution in [3.05, 3.63) is 58.7 Å². The first kappa shape index (κ1) is 26.0. The number of likely N-dealkylation sites (tertiary alicyclic amines) is 1. The Hall–Kier alpha value is -3.08. The molecule has 0 aromatic heterocycles. The maximum absolute atomic E-state index is 13.6. The van der Waals surface area contributed by atoms with Gasteiger partial charge in [-0.15, -0.1) is 0 Å². The third kappa shape index (κ3) is 4.80. The molecule has 1 atom stereocenters. The summed E-state index contributed by atoms with van der Waals surface area (Å²) in [6, 6.07) is 6.45. The molecule has 0 aliphatic carbocycles. The third-order valence-corrected chi connectivity index (χ3v) is 6.85. The summed E-state index contributed by atoms with van der Waals surface area (Å²) in [7, 11) is 0. The standard InChI is InChI=1S/C25H25F6N3O2/c1-15-6-5-7-16(2)21(15)34-14-23(13-20(34)35,33-8-3-4-9-33)22(36)32-19-11-17(24(26,27)28)10-18(12-19)25(29,30)31/h5-7,10-12H,3-4,8-9,13-14H2,1-2H3,(H,32,36). The average Bonchev–Trinajstić information content (AvgIpc) is 3.42. The number of hydrogen-bond donors (Lipinski definition) is 1. The van der Waals surface area contributed by atoms with Gasteiger partial charge in [-0.1, -0.05) is 18.2 Å². The quantitative estimate of drug-likeness (QED) is 0.546. The number of hydrogen-bond acceptors (Lipinski definition) is 3. The molecule has 2 fully saturated rings. The number of alkyl halides is 6. The van der Waals surface area contributed by atoms with Gasteiger partial charge in [-0.25, -0.2) is 0 Å². The molecule has 2 aliphatic heterocycles. The Morgan fingerprint density at radius 1 is 0.917 bits per heavy atom. The van der Waals surface area contributed by atoms with E-state index in [9.17, 15) is 35.9 Å². The number of nitrogens with zero attached hydrogens (tertiary/aromatic N) is 2. The van der Waals surface area contributed by atoms with Crippen molar-refractivity contribution in [1.82, 2.24) is 4.90 Å². The van der Waals surface area contributed by atoms with Crippen molar-refractivity contribution in [1.29, 1.82) is 0 Å². The summed E-state index contributed by atoms with van der Waals surface area (Å²) < 4.78 is 79.9. The van der Waals surface area contributed by atoms with Crippen molar-refractivity contribution in [3.8, 4) is 0 Å². The lowest BCUT2D eigenvalue weighted by Gasteiger charge is -2.36. The van der Waals surface area contributed by atoms with Crippen LogP contribution < -0.4 is 10.2 Å². The molecule has 4 rings (SSSR count). The summed E-state index contributed by atoms with van der Waals surface area (Å²) in [6.07, 6.45) is -8.81. The Labute approximate surface area is 204 Å². The summed E-state index contributed by atoms with van der Waals surface area (Å²) in [5.41, 5.74) is -2.84. The summed E-state index contributed by atoms with van der Waals surface area (Å²) in [6.45, 7) is 4.56. The molecule has 2 aromatic carbocycles. The fourth-order valence-corrected chi connectivity index (χ4v) is 5.11. The van der Waals surface area contributed by atoms with Gasteiger partial charge < -0.3 is 10.2 Å². The van der Waals surface area contributed by atoms with Crippen LogP contribution in [0.25, 0.3) is 0 Å². The highest BCUT2D eigenvalue weighted by molar-refractivity contribution is 6.09. The van der Waals surface area contributed by atoms with Crippen molar-refractivity contribution in [2.45, 2.75) is 51.0 Å². The molecule has 11 heteroatoms. The Morgan fingerprint density at radius 2 is 1.44 bits per heavy atom. The molecule has 1 unspecified atom stereocenters. The van der Waals surface area contributed by atoms with Crippen LogP contribution in [0.5, 0.6) is 0 Å². The van der Waals surface area contributed by atoms with Gasteiger partial charge in [0.2, 0.25) is 11.8 Å². The van der Waals surface area contributed by atoms with Crippen LogP contribution in [0.4, 0.5) is 37.7 Å². The van der Waals surface area contributed by atoms with E-state index in [-0.39, 0.29) is 24.9 Å². The predicted molar refractivity (Wildman–Crippen MR) is 121 cm³/mol. The van der Waals surface area contributed by atoms with Gasteiger partial charge in [-0.05, 0) is 69.1 Å². The molecule has 0 spiro atoms. The fourth-order valence-electron chi connectivity index (χ4n) is 5.11. The second-order valence-corrected chi connectivity index (χ2v) is 9.37. The first-order valence-corrected chi connectivity index (χ1v) is 11.4. The Bertz CT molecular complexity index is 1130. The van der Waals surface area contributed by atoms with Gasteiger partial charge in [-0.2, -0.15) is 26.3 Å². The minimum absolute atomic E-state index is 0.00762. The molecule has 0 bridgehead atoms. The van der Waals surface area contributed by atoms with E-state index in [0.717, 1.165) is 24.0 Å². The molecule has 0 radical (unpaired) electrons. The number of benzene rings is 2. The van der Waals surface area contributed by atoms with Crippen LogP contribution in [0.2, 0.25) is 0 Å². The zero-order chi connectivity index (χ0) is 26.5. The smallest absolute Gasteiger partial charge is 0.324 e. The van der Waals surface area contributed by atoms with E-state index in [1.54, 1.807) is 0 Å². The van der Waals surface area contributed by atoms with Crippen molar-refractivity contribution in [2.24, 2.45) is 0 Å². The van der Waals surface area contributed by atoms with Crippen molar-refractivity contribution < 1.29 is 35.9 Å². The lowest BCUT2D eigenvalue weighted by molar-refractivity contribution is -0.143. The molecule has 5 nitrogen and oxygen atoms in total. The zero-order valence-corrected chi connectivity index (χ0v) is 19.7. The molecule has 2 amide bonds. The molecular formula is C25H25F6N3O2. The summed E-state index contributed by atoms with van der Waals surface area (Å²) >= 11 is 0. The Balaban J connectivity index is 1.73. The fraction of sp³-hybridized carbons (Fsp3) is 0.440. The number of aryl methyl sites for hydroxylation is 2. The van der Waals surface area contributed by atoms with Crippen LogP contribution in [0, 0.1) is 13.8 Å². The number of anilines is 2. The minimum atomic E-state index is -5.05. The molecule has 2 saturated heterocycles. The topological polar surface area (TPSA) is 52.7 Å². The molecular weight excluding hydrogens is 488 g/mol. The van der Waals surface area contributed by atoms with Gasteiger partial charge in [0, 0.05) is 11.4 Å². The van der Waals surface area contributed by atoms with Gasteiger partial charge in [0.25, 0.3) is 0 Å². The third-order valence-electron chi connectivity index (χ3n) is 6.85. The second kappa shape index (κ2) is 9.10. The van der Waals surface area contributed by atoms with E-state index in [0.29, 0.717) is 30.9 Å². The monoisotopic (exact) mass is 513 g/mol. The average molecular weight is 513 g/mol. The van der Waals surface area contributed by atoms with Gasteiger partial charge >= 0.3 is 12.4 Å². The number of carbonyl (C=O) groups excluding carboxylic acids is 2. The minimum Gasteiger partial charge on any atom is -0.324 e.